The summed E-state index contributed by atoms with van der Waals surface area (Å²) in [6.07, 6.45) is 0.951. The van der Waals surface area contributed by atoms with Crippen molar-refractivity contribution in [2.24, 2.45) is 5.92 Å². The number of amides is 1. The van der Waals surface area contributed by atoms with Gasteiger partial charge < -0.3 is 10.6 Å². The molecule has 0 radical (unpaired) electrons. The summed E-state index contributed by atoms with van der Waals surface area (Å²) in [4.78, 5) is 12.5. The van der Waals surface area contributed by atoms with Crippen LogP contribution < -0.4 is 10.6 Å². The fourth-order valence-corrected chi connectivity index (χ4v) is 2.57. The Morgan fingerprint density at radius 1 is 1.33 bits per heavy atom. The lowest BCUT2D eigenvalue weighted by molar-refractivity contribution is -0.126. The molecule has 2 unspecified atom stereocenters. The Bertz CT molecular complexity index is 476. The fourth-order valence-electron chi connectivity index (χ4n) is 2.57. The normalized spacial score (nSPS) is 22.3. The van der Waals surface area contributed by atoms with Gasteiger partial charge in [0.25, 0.3) is 0 Å². The minimum Gasteiger partial charge on any atom is -0.352 e. The highest BCUT2D eigenvalue weighted by Crippen LogP contribution is 2.24. The molecule has 118 valence electrons. The Morgan fingerprint density at radius 3 is 2.52 bits per heavy atom. The molecule has 2 N–H and O–H groups in total. The van der Waals surface area contributed by atoms with Crippen molar-refractivity contribution in [3.63, 3.8) is 0 Å². The van der Waals surface area contributed by atoms with Crippen molar-refractivity contribution in [2.75, 3.05) is 13.1 Å². The van der Waals surface area contributed by atoms with Gasteiger partial charge in [0.15, 0.2) is 0 Å². The quantitative estimate of drug-likeness (QED) is 0.900. The topological polar surface area (TPSA) is 41.1 Å². The molecule has 1 amide bonds. The van der Waals surface area contributed by atoms with Crippen LogP contribution in [0.3, 0.4) is 0 Å². The van der Waals surface area contributed by atoms with E-state index in [1.54, 1.807) is 12.1 Å². The molecule has 2 atom stereocenters. The van der Waals surface area contributed by atoms with E-state index in [2.05, 4.69) is 17.6 Å². The van der Waals surface area contributed by atoms with Crippen molar-refractivity contribution in [2.45, 2.75) is 38.6 Å². The third kappa shape index (κ3) is 4.17. The first-order valence-corrected chi connectivity index (χ1v) is 7.19. The van der Waals surface area contributed by atoms with Crippen molar-refractivity contribution in [1.29, 1.82) is 0 Å². The monoisotopic (exact) mass is 314 g/mol. The molecule has 2 rings (SSSR count). The van der Waals surface area contributed by atoms with Gasteiger partial charge in [0.2, 0.25) is 5.91 Å². The molecule has 1 fully saturated rings. The zero-order valence-electron chi connectivity index (χ0n) is 12.8. The number of carbonyl (C=O) groups is 1. The molecule has 1 aromatic carbocycles. The lowest BCUT2D eigenvalue weighted by Crippen LogP contribution is -2.52. The number of hydrogen-bond acceptors (Lipinski definition) is 2. The number of hydrogen-bond donors (Lipinski definition) is 2. The van der Waals surface area contributed by atoms with Crippen LogP contribution >= 0.6 is 12.4 Å². The molecule has 0 aromatic heterocycles. The van der Waals surface area contributed by atoms with E-state index < -0.39 is 5.41 Å². The predicted molar refractivity (Wildman–Crippen MR) is 85.3 cm³/mol. The fraction of sp³-hybridized carbons (Fsp3) is 0.562. The number of carbonyl (C=O) groups excluding carboxylic acids is 1. The maximum atomic E-state index is 13.0. The first-order chi connectivity index (χ1) is 9.41. The standard InChI is InChI=1S/C16H23FN2O.ClH/c1-11-10-18-9-8-14(11)19-15(20)16(2,3)12-4-6-13(17)7-5-12;/h4-7,11,14,18H,8-10H2,1-3H3,(H,19,20);1H. The van der Waals surface area contributed by atoms with Crippen LogP contribution in [0.5, 0.6) is 0 Å². The number of rotatable bonds is 3. The van der Waals surface area contributed by atoms with E-state index >= 15 is 0 Å². The highest BCUT2D eigenvalue weighted by Gasteiger charge is 2.33. The molecule has 1 heterocycles. The lowest BCUT2D eigenvalue weighted by atomic mass is 9.82. The zero-order chi connectivity index (χ0) is 14.8. The minimum atomic E-state index is -0.654. The summed E-state index contributed by atoms with van der Waals surface area (Å²) in [6, 6.07) is 6.37. The van der Waals surface area contributed by atoms with E-state index in [0.29, 0.717) is 5.92 Å². The van der Waals surface area contributed by atoms with Gasteiger partial charge in [0, 0.05) is 6.04 Å². The van der Waals surface area contributed by atoms with Crippen LogP contribution in [-0.2, 0) is 10.2 Å². The molecule has 0 saturated carbocycles. The molecular weight excluding hydrogens is 291 g/mol. The van der Waals surface area contributed by atoms with Gasteiger partial charge in [0.1, 0.15) is 5.82 Å². The molecule has 1 aliphatic rings. The summed E-state index contributed by atoms with van der Waals surface area (Å²) >= 11 is 0. The first kappa shape index (κ1) is 17.9. The second kappa shape index (κ2) is 7.23. The van der Waals surface area contributed by atoms with Crippen LogP contribution in [0, 0.1) is 11.7 Å². The largest absolute Gasteiger partial charge is 0.352 e. The molecule has 5 heteroatoms. The summed E-state index contributed by atoms with van der Waals surface area (Å²) in [5.41, 5.74) is 0.177. The zero-order valence-corrected chi connectivity index (χ0v) is 13.6. The van der Waals surface area contributed by atoms with Gasteiger partial charge in [0.05, 0.1) is 5.41 Å². The van der Waals surface area contributed by atoms with Crippen LogP contribution in [-0.4, -0.2) is 25.0 Å². The van der Waals surface area contributed by atoms with Crippen molar-refractivity contribution >= 4 is 18.3 Å². The maximum Gasteiger partial charge on any atom is 0.230 e. The lowest BCUT2D eigenvalue weighted by Gasteiger charge is -2.33. The first-order valence-electron chi connectivity index (χ1n) is 7.19. The van der Waals surface area contributed by atoms with Crippen LogP contribution in [0.1, 0.15) is 32.8 Å². The summed E-state index contributed by atoms with van der Waals surface area (Å²) in [6.45, 7) is 7.76. The van der Waals surface area contributed by atoms with E-state index in [4.69, 9.17) is 0 Å². The molecule has 1 saturated heterocycles. The van der Waals surface area contributed by atoms with Crippen molar-refractivity contribution in [3.8, 4) is 0 Å². The van der Waals surface area contributed by atoms with Crippen LogP contribution in [0.4, 0.5) is 4.39 Å². The van der Waals surface area contributed by atoms with Crippen LogP contribution in [0.2, 0.25) is 0 Å². The smallest absolute Gasteiger partial charge is 0.230 e. The Hall–Kier alpha value is -1.13. The van der Waals surface area contributed by atoms with Crippen molar-refractivity contribution < 1.29 is 9.18 Å². The Kier molecular flexibility index (Phi) is 6.17. The summed E-state index contributed by atoms with van der Waals surface area (Å²) in [5, 5.41) is 6.47. The molecule has 1 aliphatic heterocycles. The third-order valence-corrected chi connectivity index (χ3v) is 4.24. The molecule has 3 nitrogen and oxygen atoms in total. The van der Waals surface area contributed by atoms with Gasteiger partial charge in [-0.15, -0.1) is 12.4 Å². The molecule has 21 heavy (non-hydrogen) atoms. The van der Waals surface area contributed by atoms with Crippen molar-refractivity contribution in [1.82, 2.24) is 10.6 Å². The van der Waals surface area contributed by atoms with Crippen LogP contribution in [0.25, 0.3) is 0 Å². The van der Waals surface area contributed by atoms with E-state index in [-0.39, 0.29) is 30.2 Å². The van der Waals surface area contributed by atoms with Gasteiger partial charge >= 0.3 is 0 Å². The predicted octanol–water partition coefficient (Wildman–Crippen LogP) is 2.64. The number of benzene rings is 1. The molecule has 0 spiro atoms. The summed E-state index contributed by atoms with van der Waals surface area (Å²) in [5.74, 6) is 0.150. The van der Waals surface area contributed by atoms with E-state index in [0.717, 1.165) is 25.1 Å². The van der Waals surface area contributed by atoms with Gasteiger partial charge in [-0.25, -0.2) is 4.39 Å². The molecule has 0 aliphatic carbocycles. The second-order valence-corrected chi connectivity index (χ2v) is 6.18. The summed E-state index contributed by atoms with van der Waals surface area (Å²) < 4.78 is 13.0. The van der Waals surface area contributed by atoms with Gasteiger partial charge in [-0.1, -0.05) is 19.1 Å². The van der Waals surface area contributed by atoms with Crippen molar-refractivity contribution in [3.05, 3.63) is 35.6 Å². The number of piperidine rings is 1. The Labute approximate surface area is 132 Å². The van der Waals surface area contributed by atoms with E-state index in [1.165, 1.54) is 12.1 Å². The van der Waals surface area contributed by atoms with E-state index in [9.17, 15) is 9.18 Å². The number of halogens is 2. The van der Waals surface area contributed by atoms with E-state index in [1.807, 2.05) is 13.8 Å². The van der Waals surface area contributed by atoms with Gasteiger partial charge in [-0.3, -0.25) is 4.79 Å². The molecular formula is C16H24ClFN2O. The van der Waals surface area contributed by atoms with Gasteiger partial charge in [-0.05, 0) is 57.0 Å². The molecule has 0 bridgehead atoms. The average Bonchev–Trinajstić information content (AvgIpc) is 2.41. The maximum absolute atomic E-state index is 13.0. The van der Waals surface area contributed by atoms with Gasteiger partial charge in [-0.2, -0.15) is 0 Å². The average molecular weight is 315 g/mol. The SMILES string of the molecule is CC1CNCCC1NC(=O)C(C)(C)c1ccc(F)cc1.Cl. The third-order valence-electron chi connectivity index (χ3n) is 4.24. The molecule has 1 aromatic rings. The van der Waals surface area contributed by atoms with Crippen LogP contribution in [0.15, 0.2) is 24.3 Å². The highest BCUT2D eigenvalue weighted by molar-refractivity contribution is 5.87. The summed E-state index contributed by atoms with van der Waals surface area (Å²) in [7, 11) is 0. The minimum absolute atomic E-state index is 0. The highest BCUT2D eigenvalue weighted by atomic mass is 35.5. The Morgan fingerprint density at radius 2 is 1.95 bits per heavy atom. The Balaban J connectivity index is 0.00000220. The number of nitrogens with one attached hydrogen (secondary N) is 2. The second-order valence-electron chi connectivity index (χ2n) is 6.18.